The number of hydrogen-bond donors (Lipinski definition) is 1. The molecule has 0 saturated carbocycles. The molecule has 6 nitrogen and oxygen atoms in total. The van der Waals surface area contributed by atoms with Crippen LogP contribution in [0, 0.1) is 0 Å². The highest BCUT2D eigenvalue weighted by Gasteiger charge is 2.15. The van der Waals surface area contributed by atoms with Crippen LogP contribution in [0.5, 0.6) is 0 Å². The molecule has 2 heterocycles. The minimum atomic E-state index is -0.427. The molecule has 0 aliphatic rings. The van der Waals surface area contributed by atoms with E-state index in [2.05, 4.69) is 20.4 Å². The highest BCUT2D eigenvalue weighted by molar-refractivity contribution is 6.30. The van der Waals surface area contributed by atoms with Gasteiger partial charge in [-0.3, -0.25) is 9.48 Å². The van der Waals surface area contributed by atoms with Gasteiger partial charge in [0.15, 0.2) is 0 Å². The van der Waals surface area contributed by atoms with Crippen molar-refractivity contribution in [2.45, 2.75) is 19.4 Å². The summed E-state index contributed by atoms with van der Waals surface area (Å²) in [5.41, 5.74) is 1.91. The summed E-state index contributed by atoms with van der Waals surface area (Å²) < 4.78 is 1.53. The zero-order valence-electron chi connectivity index (χ0n) is 13.8. The van der Waals surface area contributed by atoms with Crippen LogP contribution in [0.15, 0.2) is 55.0 Å². The second-order valence-corrected chi connectivity index (χ2v) is 6.02. The average molecular weight is 356 g/mol. The fraction of sp³-hybridized carbons (Fsp3) is 0.222. The minimum absolute atomic E-state index is 0.126. The van der Waals surface area contributed by atoms with E-state index >= 15 is 0 Å². The predicted molar refractivity (Wildman–Crippen MR) is 96.1 cm³/mol. The van der Waals surface area contributed by atoms with Crippen LogP contribution in [0.3, 0.4) is 0 Å². The number of nitrogens with one attached hydrogen (secondary N) is 1. The van der Waals surface area contributed by atoms with Gasteiger partial charge in [0.1, 0.15) is 11.9 Å². The molecule has 7 heteroatoms. The van der Waals surface area contributed by atoms with E-state index in [1.54, 1.807) is 19.3 Å². The third-order valence-electron chi connectivity index (χ3n) is 3.77. The van der Waals surface area contributed by atoms with Crippen LogP contribution in [0.2, 0.25) is 5.02 Å². The topological polar surface area (TPSA) is 72.7 Å². The van der Waals surface area contributed by atoms with Gasteiger partial charge in [0.2, 0.25) is 5.91 Å². The van der Waals surface area contributed by atoms with Gasteiger partial charge in [-0.05, 0) is 13.0 Å². The molecule has 0 saturated heterocycles. The Labute approximate surface area is 150 Å². The minimum Gasteiger partial charge on any atom is -0.354 e. The zero-order chi connectivity index (χ0) is 17.6. The van der Waals surface area contributed by atoms with Crippen LogP contribution in [-0.4, -0.2) is 32.2 Å². The highest BCUT2D eigenvalue weighted by Crippen LogP contribution is 2.15. The Bertz CT molecular complexity index is 849. The third kappa shape index (κ3) is 4.42. The van der Waals surface area contributed by atoms with E-state index in [-0.39, 0.29) is 5.91 Å². The molecule has 3 rings (SSSR count). The lowest BCUT2D eigenvalue weighted by Crippen LogP contribution is -2.32. The number of carbonyl (C=O) groups is 1. The van der Waals surface area contributed by atoms with E-state index in [1.165, 1.54) is 10.9 Å². The summed E-state index contributed by atoms with van der Waals surface area (Å²) >= 11 is 5.83. The molecule has 1 amide bonds. The molecule has 1 unspecified atom stereocenters. The number of aromatic nitrogens is 4. The second-order valence-electron chi connectivity index (χ2n) is 5.58. The molecule has 3 aromatic rings. The van der Waals surface area contributed by atoms with Gasteiger partial charge in [0.05, 0.1) is 16.9 Å². The Hall–Kier alpha value is -2.73. The van der Waals surface area contributed by atoms with Crippen LogP contribution in [0.1, 0.15) is 18.8 Å². The number of rotatable bonds is 6. The molecule has 1 aromatic carbocycles. The van der Waals surface area contributed by atoms with Gasteiger partial charge in [0.25, 0.3) is 0 Å². The molecule has 1 N–H and O–H groups in total. The smallest absolute Gasteiger partial charge is 0.244 e. The number of halogens is 1. The number of hydrogen-bond acceptors (Lipinski definition) is 4. The van der Waals surface area contributed by atoms with E-state index in [4.69, 9.17) is 11.6 Å². The lowest BCUT2D eigenvalue weighted by molar-refractivity contribution is -0.124. The van der Waals surface area contributed by atoms with Crippen LogP contribution in [0.4, 0.5) is 0 Å². The average Bonchev–Trinajstić information content (AvgIpc) is 3.08. The van der Waals surface area contributed by atoms with E-state index in [9.17, 15) is 4.79 Å². The maximum atomic E-state index is 12.2. The quantitative estimate of drug-likeness (QED) is 0.738. The lowest BCUT2D eigenvalue weighted by atomic mass is 10.1. The highest BCUT2D eigenvalue weighted by atomic mass is 35.5. The first-order chi connectivity index (χ1) is 12.1. The second kappa shape index (κ2) is 7.90. The summed E-state index contributed by atoms with van der Waals surface area (Å²) in [5, 5.41) is 7.43. The van der Waals surface area contributed by atoms with Gasteiger partial charge in [-0.1, -0.05) is 41.9 Å². The van der Waals surface area contributed by atoms with Crippen LogP contribution in [-0.2, 0) is 11.2 Å². The monoisotopic (exact) mass is 355 g/mol. The van der Waals surface area contributed by atoms with Crippen molar-refractivity contribution >= 4 is 17.5 Å². The number of benzene rings is 1. The Morgan fingerprint density at radius 2 is 2.08 bits per heavy atom. The van der Waals surface area contributed by atoms with Gasteiger partial charge in [-0.25, -0.2) is 9.97 Å². The fourth-order valence-electron chi connectivity index (χ4n) is 2.38. The summed E-state index contributed by atoms with van der Waals surface area (Å²) in [5.74, 6) is 0.565. The zero-order valence-corrected chi connectivity index (χ0v) is 14.5. The molecule has 2 aromatic heterocycles. The first-order valence-electron chi connectivity index (χ1n) is 7.98. The molecular weight excluding hydrogens is 338 g/mol. The summed E-state index contributed by atoms with van der Waals surface area (Å²) in [6.07, 6.45) is 5.42. The Kier molecular flexibility index (Phi) is 5.40. The maximum Gasteiger partial charge on any atom is 0.244 e. The van der Waals surface area contributed by atoms with E-state index < -0.39 is 6.04 Å². The largest absolute Gasteiger partial charge is 0.354 e. The summed E-state index contributed by atoms with van der Waals surface area (Å²) in [7, 11) is 0. The fourth-order valence-corrected chi connectivity index (χ4v) is 2.52. The molecule has 0 aliphatic heterocycles. The van der Waals surface area contributed by atoms with Gasteiger partial charge >= 0.3 is 0 Å². The van der Waals surface area contributed by atoms with Crippen molar-refractivity contribution in [2.75, 3.05) is 6.54 Å². The van der Waals surface area contributed by atoms with Crippen molar-refractivity contribution in [2.24, 2.45) is 0 Å². The normalized spacial score (nSPS) is 11.9. The first-order valence-corrected chi connectivity index (χ1v) is 8.36. The van der Waals surface area contributed by atoms with Crippen molar-refractivity contribution in [1.29, 1.82) is 0 Å². The molecule has 128 valence electrons. The van der Waals surface area contributed by atoms with Crippen molar-refractivity contribution < 1.29 is 4.79 Å². The Morgan fingerprint density at radius 3 is 2.80 bits per heavy atom. The molecule has 1 atom stereocenters. The predicted octanol–water partition coefficient (Wildman–Crippen LogP) is 2.91. The number of amides is 1. The first kappa shape index (κ1) is 17.1. The van der Waals surface area contributed by atoms with Crippen LogP contribution in [0.25, 0.3) is 11.3 Å². The van der Waals surface area contributed by atoms with Crippen molar-refractivity contribution in [1.82, 2.24) is 25.1 Å². The molecule has 0 spiro atoms. The van der Waals surface area contributed by atoms with Gasteiger partial charge in [0, 0.05) is 30.9 Å². The summed E-state index contributed by atoms with van der Waals surface area (Å²) in [4.78, 5) is 21.0. The lowest BCUT2D eigenvalue weighted by Gasteiger charge is -2.12. The van der Waals surface area contributed by atoms with E-state index in [0.717, 1.165) is 11.3 Å². The molecular formula is C18H18ClN5O. The van der Waals surface area contributed by atoms with Gasteiger partial charge in [-0.2, -0.15) is 5.10 Å². The maximum absolute atomic E-state index is 12.2. The van der Waals surface area contributed by atoms with Crippen molar-refractivity contribution in [3.05, 3.63) is 65.8 Å². The van der Waals surface area contributed by atoms with Crippen molar-refractivity contribution in [3.8, 4) is 11.3 Å². The molecule has 0 fully saturated rings. The summed E-state index contributed by atoms with van der Waals surface area (Å²) in [6.45, 7) is 2.22. The van der Waals surface area contributed by atoms with E-state index in [1.807, 2.05) is 36.4 Å². The molecule has 0 radical (unpaired) electrons. The van der Waals surface area contributed by atoms with E-state index in [0.29, 0.717) is 23.8 Å². The Morgan fingerprint density at radius 1 is 1.28 bits per heavy atom. The Balaban J connectivity index is 1.56. The molecule has 0 bridgehead atoms. The third-order valence-corrected chi connectivity index (χ3v) is 3.96. The molecule has 0 aliphatic carbocycles. The SMILES string of the molecule is CC(C(=O)NCCc1nccc(-c2ccccc2)n1)n1cc(Cl)cn1. The van der Waals surface area contributed by atoms with Crippen molar-refractivity contribution in [3.63, 3.8) is 0 Å². The van der Waals surface area contributed by atoms with Crippen LogP contribution < -0.4 is 5.32 Å². The molecule has 25 heavy (non-hydrogen) atoms. The number of carbonyl (C=O) groups excluding carboxylic acids is 1. The standard InChI is InChI=1S/C18H18ClN5O/c1-13(24-12-15(19)11-22-24)18(25)21-10-8-17-20-9-7-16(23-17)14-5-3-2-4-6-14/h2-7,9,11-13H,8,10H2,1H3,(H,21,25). The van der Waals surface area contributed by atoms with Gasteiger partial charge in [-0.15, -0.1) is 0 Å². The summed E-state index contributed by atoms with van der Waals surface area (Å²) in [6, 6.07) is 11.4. The van der Waals surface area contributed by atoms with Crippen LogP contribution >= 0.6 is 11.6 Å². The number of nitrogens with zero attached hydrogens (tertiary/aromatic N) is 4. The van der Waals surface area contributed by atoms with Gasteiger partial charge < -0.3 is 5.32 Å².